The molecule has 1 heterocycles. The molecule has 7 heteroatoms. The molecule has 126 valence electrons. The molecule has 24 heavy (non-hydrogen) atoms. The zero-order valence-electron chi connectivity index (χ0n) is 13.1. The molecule has 0 radical (unpaired) electrons. The third-order valence-corrected chi connectivity index (χ3v) is 3.78. The van der Waals surface area contributed by atoms with Crippen molar-refractivity contribution < 1.29 is 9.59 Å². The molecule has 5 nitrogen and oxygen atoms in total. The third-order valence-electron chi connectivity index (χ3n) is 3.23. The summed E-state index contributed by atoms with van der Waals surface area (Å²) < 4.78 is 0. The van der Waals surface area contributed by atoms with Crippen molar-refractivity contribution in [1.29, 1.82) is 0 Å². The van der Waals surface area contributed by atoms with Crippen LogP contribution in [-0.4, -0.2) is 34.8 Å². The van der Waals surface area contributed by atoms with Crippen LogP contribution in [0, 0.1) is 0 Å². The molecule has 0 saturated heterocycles. The Hall–Kier alpha value is -2.11. The number of rotatable bonds is 6. The van der Waals surface area contributed by atoms with Crippen LogP contribution in [0.4, 0.5) is 5.69 Å². The maximum atomic E-state index is 12.5. The van der Waals surface area contributed by atoms with Crippen LogP contribution in [0.15, 0.2) is 42.7 Å². The maximum absolute atomic E-state index is 12.5. The van der Waals surface area contributed by atoms with E-state index < -0.39 is 0 Å². The summed E-state index contributed by atoms with van der Waals surface area (Å²) in [6, 6.07) is 8.16. The molecule has 0 aliphatic carbocycles. The lowest BCUT2D eigenvalue weighted by atomic mass is 10.2. The smallest absolute Gasteiger partial charge is 0.255 e. The quantitative estimate of drug-likeness (QED) is 0.844. The molecule has 0 spiro atoms. The minimum Gasteiger partial charge on any atom is -0.329 e. The maximum Gasteiger partial charge on any atom is 0.255 e. The van der Waals surface area contributed by atoms with Crippen molar-refractivity contribution in [2.24, 2.45) is 0 Å². The molecule has 2 amide bonds. The van der Waals surface area contributed by atoms with Gasteiger partial charge in [0, 0.05) is 24.0 Å². The minimum atomic E-state index is -0.329. The average Bonchev–Trinajstić information content (AvgIpc) is 2.57. The van der Waals surface area contributed by atoms with E-state index in [4.69, 9.17) is 23.2 Å². The van der Waals surface area contributed by atoms with E-state index >= 15 is 0 Å². The van der Waals surface area contributed by atoms with Crippen LogP contribution >= 0.6 is 23.2 Å². The van der Waals surface area contributed by atoms with E-state index in [9.17, 15) is 9.59 Å². The van der Waals surface area contributed by atoms with Gasteiger partial charge in [0.15, 0.2) is 0 Å². The summed E-state index contributed by atoms with van der Waals surface area (Å²) in [5.74, 6) is -0.563. The highest BCUT2D eigenvalue weighted by Gasteiger charge is 2.18. The second kappa shape index (κ2) is 8.66. The van der Waals surface area contributed by atoms with Gasteiger partial charge in [-0.15, -0.1) is 0 Å². The number of carbonyl (C=O) groups excluding carboxylic acids is 2. The van der Waals surface area contributed by atoms with Gasteiger partial charge >= 0.3 is 0 Å². The molecule has 0 atom stereocenters. The normalized spacial score (nSPS) is 10.3. The van der Waals surface area contributed by atoms with Crippen LogP contribution in [0.1, 0.15) is 23.7 Å². The highest BCUT2D eigenvalue weighted by Crippen LogP contribution is 2.25. The molecule has 1 N–H and O–H groups in total. The summed E-state index contributed by atoms with van der Waals surface area (Å²) in [4.78, 5) is 30.2. The summed E-state index contributed by atoms with van der Waals surface area (Å²) in [6.07, 6.45) is 3.82. The van der Waals surface area contributed by atoms with Crippen molar-refractivity contribution in [2.75, 3.05) is 18.4 Å². The van der Waals surface area contributed by atoms with Gasteiger partial charge < -0.3 is 10.2 Å². The Bertz CT molecular complexity index is 723. The lowest BCUT2D eigenvalue weighted by molar-refractivity contribution is -0.116. The van der Waals surface area contributed by atoms with Crippen molar-refractivity contribution in [1.82, 2.24) is 9.88 Å². The lowest BCUT2D eigenvalue weighted by Gasteiger charge is -2.21. The number of nitrogens with one attached hydrogen (secondary N) is 1. The molecule has 1 aromatic carbocycles. The molecule has 0 aliphatic heterocycles. The highest BCUT2D eigenvalue weighted by atomic mass is 35.5. The summed E-state index contributed by atoms with van der Waals surface area (Å²) in [6.45, 7) is 2.34. The number of benzene rings is 1. The predicted molar refractivity (Wildman–Crippen MR) is 95.5 cm³/mol. The number of amides is 2. The fourth-order valence-electron chi connectivity index (χ4n) is 2.15. The Morgan fingerprint density at radius 1 is 1.25 bits per heavy atom. The highest BCUT2D eigenvalue weighted by molar-refractivity contribution is 6.36. The molecule has 0 saturated carbocycles. The Balaban J connectivity index is 2.07. The van der Waals surface area contributed by atoms with Crippen LogP contribution in [0.2, 0.25) is 10.0 Å². The van der Waals surface area contributed by atoms with E-state index in [0.29, 0.717) is 27.8 Å². The summed E-state index contributed by atoms with van der Waals surface area (Å²) in [5, 5.41) is 3.52. The van der Waals surface area contributed by atoms with E-state index in [0.717, 1.165) is 6.42 Å². The number of halogens is 2. The Labute approximate surface area is 150 Å². The van der Waals surface area contributed by atoms with Crippen LogP contribution in [0.5, 0.6) is 0 Å². The van der Waals surface area contributed by atoms with Crippen molar-refractivity contribution in [2.45, 2.75) is 13.3 Å². The largest absolute Gasteiger partial charge is 0.329 e. The van der Waals surface area contributed by atoms with Crippen LogP contribution < -0.4 is 5.32 Å². The number of hydrogen-bond acceptors (Lipinski definition) is 3. The van der Waals surface area contributed by atoms with E-state index in [1.807, 2.05) is 6.92 Å². The second-order valence-corrected chi connectivity index (χ2v) is 5.98. The van der Waals surface area contributed by atoms with Gasteiger partial charge in [0.05, 0.1) is 16.3 Å². The first kappa shape index (κ1) is 18.2. The average molecular weight is 366 g/mol. The lowest BCUT2D eigenvalue weighted by Crippen LogP contribution is -2.38. The van der Waals surface area contributed by atoms with Gasteiger partial charge in [-0.25, -0.2) is 0 Å². The summed E-state index contributed by atoms with van der Waals surface area (Å²) in [5.41, 5.74) is 0.902. The molecule has 0 aliphatic rings. The van der Waals surface area contributed by atoms with Gasteiger partial charge in [0.1, 0.15) is 6.54 Å². The molecule has 0 unspecified atom stereocenters. The predicted octanol–water partition coefficient (Wildman–Crippen LogP) is 3.88. The first-order valence-corrected chi connectivity index (χ1v) is 8.21. The van der Waals surface area contributed by atoms with E-state index in [1.165, 1.54) is 11.1 Å². The molecule has 1 aromatic heterocycles. The van der Waals surface area contributed by atoms with Gasteiger partial charge in [-0.1, -0.05) is 30.1 Å². The minimum absolute atomic E-state index is 0.0689. The Morgan fingerprint density at radius 3 is 2.67 bits per heavy atom. The van der Waals surface area contributed by atoms with Crippen LogP contribution in [0.3, 0.4) is 0 Å². The summed E-state index contributed by atoms with van der Waals surface area (Å²) >= 11 is 11.9. The molecule has 0 bridgehead atoms. The number of anilines is 1. The standard InChI is InChI=1S/C17H17Cl2N3O2/c1-2-8-22(17(24)12-4-3-7-20-10-12)11-16(23)21-15-6-5-13(18)9-14(15)19/h3-7,9-10H,2,8,11H2,1H3,(H,21,23). The van der Waals surface area contributed by atoms with Crippen molar-refractivity contribution in [3.05, 3.63) is 58.3 Å². The molecular formula is C17H17Cl2N3O2. The first-order valence-electron chi connectivity index (χ1n) is 7.45. The molecular weight excluding hydrogens is 349 g/mol. The SMILES string of the molecule is CCCN(CC(=O)Nc1ccc(Cl)cc1Cl)C(=O)c1cccnc1. The number of carbonyl (C=O) groups is 2. The monoisotopic (exact) mass is 365 g/mol. The van der Waals surface area contributed by atoms with Gasteiger partial charge in [-0.2, -0.15) is 0 Å². The first-order chi connectivity index (χ1) is 11.5. The van der Waals surface area contributed by atoms with Gasteiger partial charge in [-0.05, 0) is 36.8 Å². The van der Waals surface area contributed by atoms with Crippen molar-refractivity contribution in [3.8, 4) is 0 Å². The number of aromatic nitrogens is 1. The van der Waals surface area contributed by atoms with E-state index in [1.54, 1.807) is 36.5 Å². The Morgan fingerprint density at radius 2 is 2.04 bits per heavy atom. The van der Waals surface area contributed by atoms with E-state index in [2.05, 4.69) is 10.3 Å². The number of nitrogens with zero attached hydrogens (tertiary/aromatic N) is 2. The van der Waals surface area contributed by atoms with Gasteiger partial charge in [0.25, 0.3) is 5.91 Å². The van der Waals surface area contributed by atoms with E-state index in [-0.39, 0.29) is 18.4 Å². The zero-order valence-corrected chi connectivity index (χ0v) is 14.6. The molecule has 0 fully saturated rings. The topological polar surface area (TPSA) is 62.3 Å². The number of hydrogen-bond donors (Lipinski definition) is 1. The Kier molecular flexibility index (Phi) is 6.58. The van der Waals surface area contributed by atoms with Gasteiger partial charge in [-0.3, -0.25) is 14.6 Å². The fourth-order valence-corrected chi connectivity index (χ4v) is 2.60. The van der Waals surface area contributed by atoms with Gasteiger partial charge in [0.2, 0.25) is 5.91 Å². The second-order valence-electron chi connectivity index (χ2n) is 5.14. The van der Waals surface area contributed by atoms with Crippen molar-refractivity contribution in [3.63, 3.8) is 0 Å². The van der Waals surface area contributed by atoms with Crippen molar-refractivity contribution >= 4 is 40.7 Å². The van der Waals surface area contributed by atoms with Crippen LogP contribution in [0.25, 0.3) is 0 Å². The number of pyridine rings is 1. The fraction of sp³-hybridized carbons (Fsp3) is 0.235. The summed E-state index contributed by atoms with van der Waals surface area (Å²) in [7, 11) is 0. The third kappa shape index (κ3) is 4.94. The zero-order chi connectivity index (χ0) is 17.5. The molecule has 2 aromatic rings. The van der Waals surface area contributed by atoms with Crippen LogP contribution in [-0.2, 0) is 4.79 Å². The molecule has 2 rings (SSSR count).